The highest BCUT2D eigenvalue weighted by Gasteiger charge is 2.70. The van der Waals surface area contributed by atoms with Crippen molar-refractivity contribution in [2.45, 2.75) is 105 Å². The molecule has 35 heavy (non-hydrogen) atoms. The number of carbonyl (C=O) groups excluding carboxylic acids is 3. The van der Waals surface area contributed by atoms with E-state index in [0.717, 1.165) is 12.2 Å². The third kappa shape index (κ3) is 7.07. The van der Waals surface area contributed by atoms with Gasteiger partial charge in [0.25, 0.3) is 0 Å². The van der Waals surface area contributed by atoms with E-state index in [1.54, 1.807) is 4.90 Å². The van der Waals surface area contributed by atoms with Gasteiger partial charge in [0.2, 0.25) is 5.91 Å². The number of carbonyl (C=O) groups is 3. The lowest BCUT2D eigenvalue weighted by molar-refractivity contribution is -0.154. The molecule has 1 aliphatic carbocycles. The Labute approximate surface area is 217 Å². The summed E-state index contributed by atoms with van der Waals surface area (Å²) in [5, 5.41) is 6.17. The van der Waals surface area contributed by atoms with Crippen molar-refractivity contribution in [2.24, 2.45) is 28.6 Å². The minimum atomic E-state index is -0.770. The van der Waals surface area contributed by atoms with Crippen molar-refractivity contribution < 1.29 is 19.1 Å². The van der Waals surface area contributed by atoms with Crippen molar-refractivity contribution in [1.82, 2.24) is 15.5 Å². The van der Waals surface area contributed by atoms with Crippen LogP contribution in [0.15, 0.2) is 0 Å². The zero-order valence-corrected chi connectivity index (χ0v) is 24.8. The molecule has 2 fully saturated rings. The Morgan fingerprint density at radius 2 is 1.66 bits per heavy atom. The molecule has 202 valence electrons. The first-order valence-electron chi connectivity index (χ1n) is 12.8. The molecule has 1 aliphatic heterocycles. The van der Waals surface area contributed by atoms with Gasteiger partial charge < -0.3 is 20.3 Å². The van der Waals surface area contributed by atoms with E-state index >= 15 is 0 Å². The number of fused-ring (bicyclic) bond motifs is 1. The molecule has 2 N–H and O–H groups in total. The number of piperidine rings is 1. The van der Waals surface area contributed by atoms with Crippen LogP contribution in [-0.4, -0.2) is 64.6 Å². The Hall–Kier alpha value is -1.44. The zero-order chi connectivity index (χ0) is 27.1. The first kappa shape index (κ1) is 29.8. The molecule has 1 heterocycles. The summed E-state index contributed by atoms with van der Waals surface area (Å²) in [7, 11) is 1.37. The van der Waals surface area contributed by atoms with Crippen LogP contribution >= 0.6 is 11.8 Å². The van der Waals surface area contributed by atoms with Crippen molar-refractivity contribution in [3.8, 4) is 0 Å². The highest BCUT2D eigenvalue weighted by Crippen LogP contribution is 2.65. The van der Waals surface area contributed by atoms with Gasteiger partial charge in [0.15, 0.2) is 0 Å². The predicted octanol–water partition coefficient (Wildman–Crippen LogP) is 4.69. The number of ether oxygens (including phenoxy) is 1. The van der Waals surface area contributed by atoms with E-state index in [1.807, 2.05) is 32.5 Å². The van der Waals surface area contributed by atoms with Crippen molar-refractivity contribution in [3.63, 3.8) is 0 Å². The molecule has 5 atom stereocenters. The number of urea groups is 1. The number of rotatable bonds is 8. The molecule has 1 saturated heterocycles. The Morgan fingerprint density at radius 1 is 1.09 bits per heavy atom. The van der Waals surface area contributed by atoms with Crippen LogP contribution in [0.2, 0.25) is 0 Å². The van der Waals surface area contributed by atoms with Crippen molar-refractivity contribution in [2.75, 3.05) is 19.4 Å². The van der Waals surface area contributed by atoms with Gasteiger partial charge in [0.1, 0.15) is 12.1 Å². The topological polar surface area (TPSA) is 87.7 Å². The van der Waals surface area contributed by atoms with Gasteiger partial charge in [-0.2, -0.15) is 11.8 Å². The van der Waals surface area contributed by atoms with Gasteiger partial charge in [-0.1, -0.05) is 69.2 Å². The van der Waals surface area contributed by atoms with Crippen molar-refractivity contribution >= 4 is 29.7 Å². The van der Waals surface area contributed by atoms with Gasteiger partial charge in [0, 0.05) is 28.5 Å². The van der Waals surface area contributed by atoms with Crippen LogP contribution in [0.3, 0.4) is 0 Å². The number of esters is 1. The number of nitrogens with one attached hydrogen (secondary N) is 2. The highest BCUT2D eigenvalue weighted by molar-refractivity contribution is 8.00. The SMILES string of the molecule is COC(=O)[C@@H]1[C@@H]2[C@H](CN1C(=O)[C@@H](NC(=O)N[C@](C)(CSC(C)(C)C)CC(C)C)C(C)(C)C)C2(C)C. The second kappa shape index (κ2) is 10.1. The molecule has 0 unspecified atom stereocenters. The van der Waals surface area contributed by atoms with Crippen LogP contribution in [0.1, 0.15) is 82.6 Å². The smallest absolute Gasteiger partial charge is 0.328 e. The van der Waals surface area contributed by atoms with Crippen molar-refractivity contribution in [3.05, 3.63) is 0 Å². The van der Waals surface area contributed by atoms with Crippen LogP contribution in [0, 0.1) is 28.6 Å². The first-order chi connectivity index (χ1) is 15.7. The Bertz CT molecular complexity index is 814. The molecule has 0 aromatic rings. The number of methoxy groups -OCH3 is 1. The van der Waals surface area contributed by atoms with Crippen LogP contribution in [0.4, 0.5) is 4.79 Å². The summed E-state index contributed by atoms with van der Waals surface area (Å²) in [6.07, 6.45) is 0.826. The second-order valence-corrected chi connectivity index (χ2v) is 15.7. The summed E-state index contributed by atoms with van der Waals surface area (Å²) in [5.74, 6) is 0.941. The standard InChI is InChI=1S/C27H49N3O4S/c1-16(2)13-27(11,15-35-25(6,7)8)29-23(33)28-20(24(3,4)5)21(31)30-14-17-18(26(17,9)10)19(30)22(32)34-12/h16-20H,13-15H2,1-12H3,(H2,28,29,33)/t17-,18-,19-,20+,27-/m0/s1. The number of likely N-dealkylation sites (tertiary alicyclic amines) is 1. The van der Waals surface area contributed by atoms with E-state index in [4.69, 9.17) is 4.74 Å². The van der Waals surface area contributed by atoms with Gasteiger partial charge >= 0.3 is 12.0 Å². The molecule has 0 aromatic heterocycles. The Balaban J connectivity index is 2.21. The highest BCUT2D eigenvalue weighted by atomic mass is 32.2. The summed E-state index contributed by atoms with van der Waals surface area (Å²) in [5.41, 5.74) is -0.942. The van der Waals surface area contributed by atoms with E-state index in [-0.39, 0.29) is 39.9 Å². The lowest BCUT2D eigenvalue weighted by Crippen LogP contribution is -2.62. The van der Waals surface area contributed by atoms with E-state index in [0.29, 0.717) is 12.5 Å². The molecular formula is C27H49N3O4S. The summed E-state index contributed by atoms with van der Waals surface area (Å²) in [4.78, 5) is 41.4. The molecule has 0 radical (unpaired) electrons. The van der Waals surface area contributed by atoms with Crippen LogP contribution < -0.4 is 10.6 Å². The summed E-state index contributed by atoms with van der Waals surface area (Å²) in [6.45, 7) is 23.5. The molecule has 3 amide bonds. The minimum absolute atomic E-state index is 0.0149. The lowest BCUT2D eigenvalue weighted by atomic mass is 9.85. The Kier molecular flexibility index (Phi) is 8.63. The van der Waals surface area contributed by atoms with Gasteiger partial charge in [0.05, 0.1) is 7.11 Å². The zero-order valence-electron chi connectivity index (χ0n) is 24.0. The van der Waals surface area contributed by atoms with Gasteiger partial charge in [-0.25, -0.2) is 9.59 Å². The molecule has 2 rings (SSSR count). The molecule has 2 aliphatic rings. The van der Waals surface area contributed by atoms with Crippen LogP contribution in [-0.2, 0) is 14.3 Å². The maximum atomic E-state index is 13.8. The third-order valence-electron chi connectivity index (χ3n) is 7.42. The molecule has 0 bridgehead atoms. The Morgan fingerprint density at radius 3 is 2.11 bits per heavy atom. The molecule has 0 aromatic carbocycles. The number of thioether (sulfide) groups is 1. The number of hydrogen-bond acceptors (Lipinski definition) is 5. The normalized spacial score (nSPS) is 26.0. The van der Waals surface area contributed by atoms with Crippen LogP contribution in [0.25, 0.3) is 0 Å². The van der Waals surface area contributed by atoms with E-state index in [1.165, 1.54) is 7.11 Å². The van der Waals surface area contributed by atoms with Gasteiger partial charge in [-0.05, 0) is 36.0 Å². The monoisotopic (exact) mass is 511 g/mol. The third-order valence-corrected chi connectivity index (χ3v) is 9.07. The number of amides is 3. The fourth-order valence-electron chi connectivity index (χ4n) is 5.58. The van der Waals surface area contributed by atoms with E-state index in [9.17, 15) is 14.4 Å². The first-order valence-corrected chi connectivity index (χ1v) is 13.8. The molecule has 8 heteroatoms. The summed E-state index contributed by atoms with van der Waals surface area (Å²) in [6, 6.07) is -1.72. The predicted molar refractivity (Wildman–Crippen MR) is 143 cm³/mol. The molecular weight excluding hydrogens is 462 g/mol. The largest absolute Gasteiger partial charge is 0.467 e. The fourth-order valence-corrected chi connectivity index (χ4v) is 6.52. The lowest BCUT2D eigenvalue weighted by Gasteiger charge is -2.39. The van der Waals surface area contributed by atoms with Gasteiger partial charge in [-0.3, -0.25) is 4.79 Å². The average Bonchev–Trinajstić information content (AvgIpc) is 3.02. The summed E-state index contributed by atoms with van der Waals surface area (Å²) >= 11 is 1.82. The fraction of sp³-hybridized carbons (Fsp3) is 0.889. The number of nitrogens with zero attached hydrogens (tertiary/aromatic N) is 1. The maximum Gasteiger partial charge on any atom is 0.328 e. The molecule has 7 nitrogen and oxygen atoms in total. The van der Waals surface area contributed by atoms with Crippen molar-refractivity contribution in [1.29, 1.82) is 0 Å². The maximum absolute atomic E-state index is 13.8. The number of hydrogen-bond donors (Lipinski definition) is 2. The minimum Gasteiger partial charge on any atom is -0.467 e. The summed E-state index contributed by atoms with van der Waals surface area (Å²) < 4.78 is 5.15. The van der Waals surface area contributed by atoms with Crippen LogP contribution in [0.5, 0.6) is 0 Å². The quantitative estimate of drug-likeness (QED) is 0.462. The van der Waals surface area contributed by atoms with Gasteiger partial charge in [-0.15, -0.1) is 0 Å². The van der Waals surface area contributed by atoms with E-state index in [2.05, 4.69) is 66.0 Å². The average molecular weight is 512 g/mol. The molecule has 1 saturated carbocycles. The van der Waals surface area contributed by atoms with E-state index < -0.39 is 23.0 Å². The second-order valence-electron chi connectivity index (χ2n) is 13.9. The molecule has 0 spiro atoms.